The average Bonchev–Trinajstić information content (AvgIpc) is 3.09. The number of nitrogens with two attached hydrogens (primary N) is 1. The molecule has 4 aliphatic rings. The average molecular weight is 472 g/mol. The molecule has 3 saturated carbocycles. The number of hydrogen-bond donors (Lipinski definition) is 1. The minimum atomic E-state index is -3.88. The molecule has 1 aromatic rings. The Morgan fingerprint density at radius 1 is 1.18 bits per heavy atom. The second-order valence-electron chi connectivity index (χ2n) is 10.9. The van der Waals surface area contributed by atoms with E-state index in [-0.39, 0.29) is 27.8 Å². The van der Waals surface area contributed by atoms with Crippen LogP contribution in [0, 0.1) is 35.0 Å². The molecule has 0 saturated heterocycles. The van der Waals surface area contributed by atoms with E-state index >= 15 is 0 Å². The molecule has 0 bridgehead atoms. The van der Waals surface area contributed by atoms with Crippen molar-refractivity contribution in [1.82, 2.24) is 0 Å². The number of rotatable bonds is 3. The number of fused-ring (bicyclic) bond motifs is 5. The maximum Gasteiger partial charge on any atom is 0.338 e. The Morgan fingerprint density at radius 3 is 2.73 bits per heavy atom. The van der Waals surface area contributed by atoms with Crippen LogP contribution in [-0.4, -0.2) is 26.3 Å². The van der Waals surface area contributed by atoms with Crippen molar-refractivity contribution in [3.8, 4) is 0 Å². The van der Waals surface area contributed by atoms with Gasteiger partial charge in [-0.3, -0.25) is 4.79 Å². The molecule has 0 spiro atoms. The Balaban J connectivity index is 1.36. The van der Waals surface area contributed by atoms with Gasteiger partial charge in [0.1, 0.15) is 6.10 Å². The Kier molecular flexibility index (Phi) is 5.56. The summed E-state index contributed by atoms with van der Waals surface area (Å²) in [5.41, 5.74) is 1.52. The molecule has 5 unspecified atom stereocenters. The first-order valence-corrected chi connectivity index (χ1v) is 13.7. The third-order valence-electron chi connectivity index (χ3n) is 9.20. The molecular weight excluding hydrogens is 438 g/mol. The van der Waals surface area contributed by atoms with E-state index in [0.717, 1.165) is 38.5 Å². The number of esters is 1. The second-order valence-corrected chi connectivity index (χ2v) is 12.5. The van der Waals surface area contributed by atoms with Crippen LogP contribution in [0.15, 0.2) is 40.8 Å². The van der Waals surface area contributed by atoms with Gasteiger partial charge in [-0.2, -0.15) is 0 Å². The van der Waals surface area contributed by atoms with Gasteiger partial charge in [0, 0.05) is 11.8 Å². The largest absolute Gasteiger partial charge is 0.458 e. The van der Waals surface area contributed by atoms with Crippen molar-refractivity contribution in [2.75, 3.05) is 0 Å². The topological polar surface area (TPSA) is 104 Å². The van der Waals surface area contributed by atoms with E-state index in [9.17, 15) is 18.0 Å². The van der Waals surface area contributed by atoms with Crippen molar-refractivity contribution in [2.24, 2.45) is 40.1 Å². The number of sulfonamides is 1. The highest BCUT2D eigenvalue weighted by Gasteiger charge is 2.59. The van der Waals surface area contributed by atoms with E-state index < -0.39 is 16.0 Å². The highest BCUT2D eigenvalue weighted by Crippen LogP contribution is 2.63. The molecule has 33 heavy (non-hydrogen) atoms. The van der Waals surface area contributed by atoms with Gasteiger partial charge in [-0.1, -0.05) is 25.5 Å². The van der Waals surface area contributed by atoms with E-state index in [0.29, 0.717) is 36.0 Å². The summed E-state index contributed by atoms with van der Waals surface area (Å²) >= 11 is 0. The maximum atomic E-state index is 13.0. The summed E-state index contributed by atoms with van der Waals surface area (Å²) in [6.07, 6.45) is 8.42. The summed E-state index contributed by atoms with van der Waals surface area (Å²) in [6, 6.07) is 5.77. The molecule has 6 nitrogen and oxygen atoms in total. The Bertz CT molecular complexity index is 1130. The molecule has 2 N–H and O–H groups in total. The van der Waals surface area contributed by atoms with Gasteiger partial charge in [-0.15, -0.1) is 0 Å². The molecule has 0 aliphatic heterocycles. The lowest BCUT2D eigenvalue weighted by molar-refractivity contribution is -0.116. The fraction of sp³-hybridized carbons (Fsp3) is 0.615. The fourth-order valence-corrected chi connectivity index (χ4v) is 8.29. The minimum Gasteiger partial charge on any atom is -0.458 e. The van der Waals surface area contributed by atoms with Gasteiger partial charge in [-0.05, 0) is 92.4 Å². The Morgan fingerprint density at radius 2 is 1.97 bits per heavy atom. The van der Waals surface area contributed by atoms with E-state index in [1.165, 1.54) is 23.8 Å². The molecule has 7 atom stereocenters. The number of primary sulfonamides is 1. The number of carbonyl (C=O) groups is 2. The van der Waals surface area contributed by atoms with Gasteiger partial charge in [0.25, 0.3) is 0 Å². The molecule has 1 aromatic carbocycles. The molecule has 0 aromatic heterocycles. The quantitative estimate of drug-likeness (QED) is 0.664. The second kappa shape index (κ2) is 8.05. The molecule has 0 radical (unpaired) electrons. The zero-order valence-corrected chi connectivity index (χ0v) is 20.1. The first-order valence-electron chi connectivity index (χ1n) is 12.1. The van der Waals surface area contributed by atoms with Crippen molar-refractivity contribution >= 4 is 21.8 Å². The zero-order valence-electron chi connectivity index (χ0n) is 19.3. The van der Waals surface area contributed by atoms with E-state index in [1.807, 2.05) is 6.08 Å². The van der Waals surface area contributed by atoms with Crippen LogP contribution in [-0.2, 0) is 19.6 Å². The molecular formula is C26H33NO5S. The lowest BCUT2D eigenvalue weighted by Crippen LogP contribution is -2.50. The smallest absolute Gasteiger partial charge is 0.338 e. The zero-order chi connectivity index (χ0) is 23.5. The van der Waals surface area contributed by atoms with Crippen LogP contribution in [0.5, 0.6) is 0 Å². The predicted molar refractivity (Wildman–Crippen MR) is 124 cm³/mol. The SMILES string of the molecule is CC1CC2=CC(=O)CCC2C2CC[C@@]3(C)C(CC[C@@H]3OC(=O)c3cccc(S(N)(=O)=O)c3)C12. The van der Waals surface area contributed by atoms with Gasteiger partial charge >= 0.3 is 5.97 Å². The summed E-state index contributed by atoms with van der Waals surface area (Å²) in [6.45, 7) is 4.61. The van der Waals surface area contributed by atoms with Crippen LogP contribution in [0.4, 0.5) is 0 Å². The Hall–Kier alpha value is -1.99. The van der Waals surface area contributed by atoms with E-state index in [2.05, 4.69) is 13.8 Å². The molecule has 5 rings (SSSR count). The minimum absolute atomic E-state index is 0.0751. The number of ether oxygens (including phenoxy) is 1. The van der Waals surface area contributed by atoms with Crippen LogP contribution < -0.4 is 5.14 Å². The normalized spacial score (nSPS) is 38.0. The first-order chi connectivity index (χ1) is 15.6. The van der Waals surface area contributed by atoms with Crippen molar-refractivity contribution in [3.63, 3.8) is 0 Å². The number of hydrogen-bond acceptors (Lipinski definition) is 5. The van der Waals surface area contributed by atoms with Gasteiger partial charge < -0.3 is 4.74 Å². The summed E-state index contributed by atoms with van der Waals surface area (Å²) in [7, 11) is -3.88. The number of carbonyl (C=O) groups excluding carboxylic acids is 2. The Labute approximate surface area is 196 Å². The van der Waals surface area contributed by atoms with E-state index in [1.54, 1.807) is 6.07 Å². The molecule has 4 aliphatic carbocycles. The van der Waals surface area contributed by atoms with Gasteiger partial charge in [0.15, 0.2) is 5.78 Å². The van der Waals surface area contributed by atoms with E-state index in [4.69, 9.17) is 9.88 Å². The fourth-order valence-electron chi connectivity index (χ4n) is 7.73. The molecule has 0 amide bonds. The van der Waals surface area contributed by atoms with Gasteiger partial charge in [0.05, 0.1) is 10.5 Å². The molecule has 3 fully saturated rings. The lowest BCUT2D eigenvalue weighted by Gasteiger charge is -2.55. The van der Waals surface area contributed by atoms with Crippen LogP contribution in [0.25, 0.3) is 0 Å². The highest BCUT2D eigenvalue weighted by atomic mass is 32.2. The molecule has 178 valence electrons. The first kappa shape index (κ1) is 22.8. The van der Waals surface area contributed by atoms with Crippen molar-refractivity contribution in [3.05, 3.63) is 41.5 Å². The number of benzene rings is 1. The highest BCUT2D eigenvalue weighted by molar-refractivity contribution is 7.89. The molecule has 7 heteroatoms. The van der Waals surface area contributed by atoms with Gasteiger partial charge in [-0.25, -0.2) is 18.4 Å². The van der Waals surface area contributed by atoms with Crippen LogP contribution in [0.3, 0.4) is 0 Å². The summed E-state index contributed by atoms with van der Waals surface area (Å²) in [4.78, 5) is 24.9. The van der Waals surface area contributed by atoms with Crippen LogP contribution in [0.2, 0.25) is 0 Å². The number of ketones is 1. The van der Waals surface area contributed by atoms with Crippen LogP contribution in [0.1, 0.15) is 69.2 Å². The summed E-state index contributed by atoms with van der Waals surface area (Å²) in [5.74, 6) is 2.57. The summed E-state index contributed by atoms with van der Waals surface area (Å²) < 4.78 is 29.4. The summed E-state index contributed by atoms with van der Waals surface area (Å²) in [5, 5.41) is 5.22. The predicted octanol–water partition coefficient (Wildman–Crippen LogP) is 4.25. The number of allylic oxidation sites excluding steroid dienone is 1. The van der Waals surface area contributed by atoms with Crippen LogP contribution >= 0.6 is 0 Å². The van der Waals surface area contributed by atoms with Crippen molar-refractivity contribution in [1.29, 1.82) is 0 Å². The third-order valence-corrected chi connectivity index (χ3v) is 10.1. The monoisotopic (exact) mass is 471 g/mol. The van der Waals surface area contributed by atoms with Crippen molar-refractivity contribution < 1.29 is 22.7 Å². The van der Waals surface area contributed by atoms with Gasteiger partial charge in [0.2, 0.25) is 10.0 Å². The maximum absolute atomic E-state index is 13.0. The molecule has 0 heterocycles. The van der Waals surface area contributed by atoms with Crippen molar-refractivity contribution in [2.45, 2.75) is 69.8 Å². The third kappa shape index (κ3) is 3.87. The standard InChI is InChI=1S/C26H33NO5S/c1-15-12-17-13-18(28)6-7-20(17)21-10-11-26(2)22(24(15)21)8-9-23(26)32-25(29)16-4-3-5-19(14-16)33(27,30)31/h3-5,13-15,20-24H,6-12H2,1-2H3,(H2,27,30,31)/t15?,20?,21?,22?,23-,24?,26-/m0/s1. The lowest BCUT2D eigenvalue weighted by atomic mass is 9.49.